The van der Waals surface area contributed by atoms with E-state index in [9.17, 15) is 4.79 Å². The van der Waals surface area contributed by atoms with Crippen LogP contribution in [0.25, 0.3) is 0 Å². The third kappa shape index (κ3) is 3.09. The molecule has 2 aromatic rings. The minimum Gasteiger partial charge on any atom is -0.325 e. The molecular formula is C13H13ClN2OS. The zero-order valence-electron chi connectivity index (χ0n) is 10.2. The average molecular weight is 281 g/mol. The van der Waals surface area contributed by atoms with Gasteiger partial charge in [-0.3, -0.25) is 4.79 Å². The molecule has 0 bridgehead atoms. The van der Waals surface area contributed by atoms with Gasteiger partial charge in [0.05, 0.1) is 17.6 Å². The molecule has 1 amide bonds. The first-order chi connectivity index (χ1) is 8.56. The van der Waals surface area contributed by atoms with Gasteiger partial charge in [0, 0.05) is 15.6 Å². The second-order valence-corrected chi connectivity index (χ2v) is 5.42. The van der Waals surface area contributed by atoms with E-state index in [2.05, 4.69) is 10.3 Å². The lowest BCUT2D eigenvalue weighted by molar-refractivity contribution is -0.115. The van der Waals surface area contributed by atoms with Crippen molar-refractivity contribution in [2.75, 3.05) is 5.32 Å². The molecule has 0 aliphatic carbocycles. The number of hydrogen-bond acceptors (Lipinski definition) is 3. The van der Waals surface area contributed by atoms with Crippen molar-refractivity contribution in [1.82, 2.24) is 4.98 Å². The first kappa shape index (κ1) is 13.1. The smallest absolute Gasteiger partial charge is 0.229 e. The van der Waals surface area contributed by atoms with Gasteiger partial charge in [0.15, 0.2) is 0 Å². The van der Waals surface area contributed by atoms with Crippen molar-refractivity contribution in [3.05, 3.63) is 44.9 Å². The van der Waals surface area contributed by atoms with Crippen LogP contribution >= 0.6 is 22.9 Å². The van der Waals surface area contributed by atoms with Crippen LogP contribution in [-0.2, 0) is 11.2 Å². The molecule has 0 saturated carbocycles. The Labute approximate surface area is 115 Å². The van der Waals surface area contributed by atoms with Crippen molar-refractivity contribution >= 4 is 34.5 Å². The number of rotatable bonds is 3. The minimum atomic E-state index is -0.0484. The van der Waals surface area contributed by atoms with Gasteiger partial charge < -0.3 is 5.32 Å². The van der Waals surface area contributed by atoms with Crippen LogP contribution in [0.15, 0.2) is 23.7 Å². The molecule has 18 heavy (non-hydrogen) atoms. The maximum Gasteiger partial charge on any atom is 0.229 e. The quantitative estimate of drug-likeness (QED) is 0.933. The predicted octanol–water partition coefficient (Wildman–Crippen LogP) is 3.59. The highest BCUT2D eigenvalue weighted by molar-refractivity contribution is 7.09. The highest BCUT2D eigenvalue weighted by Gasteiger charge is 2.09. The number of carbonyl (C=O) groups excluding carboxylic acids is 1. The zero-order chi connectivity index (χ0) is 13.1. The van der Waals surface area contributed by atoms with Gasteiger partial charge in [0.1, 0.15) is 0 Å². The normalized spacial score (nSPS) is 10.4. The molecule has 0 radical (unpaired) electrons. The van der Waals surface area contributed by atoms with Gasteiger partial charge in [-0.05, 0) is 31.5 Å². The van der Waals surface area contributed by atoms with Gasteiger partial charge in [-0.25, -0.2) is 4.98 Å². The maximum absolute atomic E-state index is 11.9. The van der Waals surface area contributed by atoms with E-state index in [-0.39, 0.29) is 5.91 Å². The molecule has 1 heterocycles. The van der Waals surface area contributed by atoms with Crippen LogP contribution in [0.3, 0.4) is 0 Å². The van der Waals surface area contributed by atoms with E-state index in [0.29, 0.717) is 11.4 Å². The molecule has 0 saturated heterocycles. The molecular weight excluding hydrogens is 268 g/mol. The van der Waals surface area contributed by atoms with Gasteiger partial charge in [0.2, 0.25) is 5.91 Å². The third-order valence-corrected chi connectivity index (χ3v) is 3.81. The lowest BCUT2D eigenvalue weighted by Gasteiger charge is -2.08. The van der Waals surface area contributed by atoms with Crippen LogP contribution in [0.5, 0.6) is 0 Å². The minimum absolute atomic E-state index is 0.0484. The predicted molar refractivity (Wildman–Crippen MR) is 75.4 cm³/mol. The van der Waals surface area contributed by atoms with Crippen molar-refractivity contribution in [3.63, 3.8) is 0 Å². The fourth-order valence-electron chi connectivity index (χ4n) is 1.57. The monoisotopic (exact) mass is 280 g/mol. The Hall–Kier alpha value is -1.39. The van der Waals surface area contributed by atoms with Gasteiger partial charge in [-0.15, -0.1) is 11.3 Å². The Morgan fingerprint density at radius 3 is 2.89 bits per heavy atom. The number of nitrogens with one attached hydrogen (secondary N) is 1. The van der Waals surface area contributed by atoms with E-state index in [1.807, 2.05) is 19.9 Å². The van der Waals surface area contributed by atoms with Crippen LogP contribution in [-0.4, -0.2) is 10.9 Å². The second-order valence-electron chi connectivity index (χ2n) is 4.05. The standard InChI is InChI=1S/C13H13ClN2OS/c1-8-3-4-10(14)5-11(8)16-13(17)6-12-9(2)15-7-18-12/h3-5,7H,6H2,1-2H3,(H,16,17). The number of carbonyl (C=O) groups is 1. The molecule has 5 heteroatoms. The van der Waals surface area contributed by atoms with Crippen LogP contribution in [0.2, 0.25) is 5.02 Å². The Morgan fingerprint density at radius 1 is 1.44 bits per heavy atom. The van der Waals surface area contributed by atoms with E-state index in [1.165, 1.54) is 11.3 Å². The summed E-state index contributed by atoms with van der Waals surface area (Å²) in [6.07, 6.45) is 0.350. The fourth-order valence-corrected chi connectivity index (χ4v) is 2.51. The van der Waals surface area contributed by atoms with Gasteiger partial charge in [-0.1, -0.05) is 17.7 Å². The van der Waals surface area contributed by atoms with Crippen molar-refractivity contribution in [3.8, 4) is 0 Å². The van der Waals surface area contributed by atoms with Gasteiger partial charge in [0.25, 0.3) is 0 Å². The number of halogens is 1. The van der Waals surface area contributed by atoms with E-state index in [1.54, 1.807) is 17.6 Å². The van der Waals surface area contributed by atoms with E-state index < -0.39 is 0 Å². The van der Waals surface area contributed by atoms with Crippen LogP contribution in [0, 0.1) is 13.8 Å². The number of hydrogen-bond donors (Lipinski definition) is 1. The summed E-state index contributed by atoms with van der Waals surface area (Å²) in [5, 5.41) is 3.49. The summed E-state index contributed by atoms with van der Waals surface area (Å²) >= 11 is 7.41. The number of benzene rings is 1. The van der Waals surface area contributed by atoms with Gasteiger partial charge >= 0.3 is 0 Å². The van der Waals surface area contributed by atoms with Crippen LogP contribution < -0.4 is 5.32 Å². The molecule has 1 N–H and O–H groups in total. The molecule has 3 nitrogen and oxygen atoms in total. The highest BCUT2D eigenvalue weighted by atomic mass is 35.5. The van der Waals surface area contributed by atoms with Crippen molar-refractivity contribution in [2.24, 2.45) is 0 Å². The molecule has 94 valence electrons. The Bertz CT molecular complexity index is 580. The first-order valence-electron chi connectivity index (χ1n) is 5.51. The summed E-state index contributed by atoms with van der Waals surface area (Å²) < 4.78 is 0. The number of aryl methyl sites for hydroxylation is 2. The molecule has 1 aromatic carbocycles. The molecule has 0 spiro atoms. The molecule has 0 aliphatic rings. The van der Waals surface area contributed by atoms with E-state index in [4.69, 9.17) is 11.6 Å². The SMILES string of the molecule is Cc1ccc(Cl)cc1NC(=O)Cc1scnc1C. The number of aromatic nitrogens is 1. The average Bonchev–Trinajstić information content (AvgIpc) is 2.70. The Balaban J connectivity index is 2.08. The Kier molecular flexibility index (Phi) is 3.99. The highest BCUT2D eigenvalue weighted by Crippen LogP contribution is 2.21. The fraction of sp³-hybridized carbons (Fsp3) is 0.231. The number of nitrogens with zero attached hydrogens (tertiary/aromatic N) is 1. The molecule has 0 atom stereocenters. The summed E-state index contributed by atoms with van der Waals surface area (Å²) in [5.74, 6) is -0.0484. The molecule has 0 unspecified atom stereocenters. The molecule has 1 aromatic heterocycles. The molecule has 0 fully saturated rings. The summed E-state index contributed by atoms with van der Waals surface area (Å²) in [4.78, 5) is 17.0. The largest absolute Gasteiger partial charge is 0.325 e. The van der Waals surface area contributed by atoms with Crippen molar-refractivity contribution in [1.29, 1.82) is 0 Å². The number of anilines is 1. The Morgan fingerprint density at radius 2 is 2.22 bits per heavy atom. The maximum atomic E-state index is 11.9. The molecule has 2 rings (SSSR count). The zero-order valence-corrected chi connectivity index (χ0v) is 11.7. The topological polar surface area (TPSA) is 42.0 Å². The molecule has 0 aliphatic heterocycles. The summed E-state index contributed by atoms with van der Waals surface area (Å²) in [7, 11) is 0. The lowest BCUT2D eigenvalue weighted by Crippen LogP contribution is -2.15. The van der Waals surface area contributed by atoms with E-state index >= 15 is 0 Å². The van der Waals surface area contributed by atoms with E-state index in [0.717, 1.165) is 21.8 Å². The van der Waals surface area contributed by atoms with Crippen LogP contribution in [0.4, 0.5) is 5.69 Å². The van der Waals surface area contributed by atoms with Gasteiger partial charge in [-0.2, -0.15) is 0 Å². The van der Waals surface area contributed by atoms with Crippen LogP contribution in [0.1, 0.15) is 16.1 Å². The van der Waals surface area contributed by atoms with Crippen molar-refractivity contribution < 1.29 is 4.79 Å². The number of amides is 1. The lowest BCUT2D eigenvalue weighted by atomic mass is 10.2. The third-order valence-electron chi connectivity index (χ3n) is 2.64. The van der Waals surface area contributed by atoms with Crippen molar-refractivity contribution in [2.45, 2.75) is 20.3 Å². The summed E-state index contributed by atoms with van der Waals surface area (Å²) in [6.45, 7) is 3.84. The first-order valence-corrected chi connectivity index (χ1v) is 6.77. The number of thiazole rings is 1. The second kappa shape index (κ2) is 5.50. The summed E-state index contributed by atoms with van der Waals surface area (Å²) in [5.41, 5.74) is 4.42. The summed E-state index contributed by atoms with van der Waals surface area (Å²) in [6, 6.07) is 5.45.